The van der Waals surface area contributed by atoms with Crippen molar-refractivity contribution in [3.63, 3.8) is 0 Å². The van der Waals surface area contributed by atoms with Crippen LogP contribution in [0.2, 0.25) is 10.0 Å². The molecular formula is C28H30Cl2N6O2. The molecule has 0 amide bonds. The van der Waals surface area contributed by atoms with Crippen molar-refractivity contribution in [2.24, 2.45) is 0 Å². The Kier molecular flexibility index (Phi) is 8.02. The summed E-state index contributed by atoms with van der Waals surface area (Å²) in [7, 11) is 3.12. The molecule has 0 saturated carbocycles. The molecule has 2 aromatic heterocycles. The Morgan fingerprint density at radius 1 is 0.842 bits per heavy atom. The van der Waals surface area contributed by atoms with E-state index < -0.39 is 0 Å². The van der Waals surface area contributed by atoms with E-state index in [0.717, 1.165) is 54.9 Å². The van der Waals surface area contributed by atoms with Crippen molar-refractivity contribution in [1.29, 1.82) is 0 Å². The summed E-state index contributed by atoms with van der Waals surface area (Å²) in [5.41, 5.74) is 1.49. The number of anilines is 3. The second-order valence-corrected chi connectivity index (χ2v) is 9.90. The van der Waals surface area contributed by atoms with Gasteiger partial charge in [-0.05, 0) is 48.2 Å². The fraction of sp³-hybridized carbons (Fsp3) is 0.321. The summed E-state index contributed by atoms with van der Waals surface area (Å²) in [6, 6.07) is 13.6. The van der Waals surface area contributed by atoms with Crippen molar-refractivity contribution in [3.05, 3.63) is 58.7 Å². The van der Waals surface area contributed by atoms with Gasteiger partial charge in [-0.15, -0.1) is 10.2 Å². The van der Waals surface area contributed by atoms with Crippen LogP contribution in [0.1, 0.15) is 13.3 Å². The standard InChI is InChI=1S/C28H30Cl2N6O2/c1-4-9-35-10-12-36(13-11-35)25-8-7-23(33-34-25)32-24-15-18-5-6-19(14-20(18)17-31-24)26-27(29)21(37-2)16-22(38-3)28(26)30/h5-8,14-17H,4,9-13H2,1-3H3,(H,31,32,33). The molecule has 0 radical (unpaired) electrons. The molecule has 1 aliphatic rings. The average Bonchev–Trinajstić information content (AvgIpc) is 2.94. The maximum atomic E-state index is 6.62. The minimum atomic E-state index is 0.425. The second-order valence-electron chi connectivity index (χ2n) is 9.15. The minimum Gasteiger partial charge on any atom is -0.495 e. The third kappa shape index (κ3) is 5.43. The molecular weight excluding hydrogens is 523 g/mol. The first kappa shape index (κ1) is 26.3. The van der Waals surface area contributed by atoms with Gasteiger partial charge in [0.2, 0.25) is 0 Å². The molecule has 38 heavy (non-hydrogen) atoms. The maximum Gasteiger partial charge on any atom is 0.154 e. The second kappa shape index (κ2) is 11.6. The largest absolute Gasteiger partial charge is 0.495 e. The number of benzene rings is 2. The van der Waals surface area contributed by atoms with E-state index in [0.29, 0.717) is 38.7 Å². The number of hydrogen-bond donors (Lipinski definition) is 1. The number of pyridine rings is 1. The molecule has 4 aromatic rings. The van der Waals surface area contributed by atoms with Crippen LogP contribution in [0.3, 0.4) is 0 Å². The summed E-state index contributed by atoms with van der Waals surface area (Å²) < 4.78 is 10.8. The van der Waals surface area contributed by atoms with Gasteiger partial charge in [-0.1, -0.05) is 42.3 Å². The first-order valence-corrected chi connectivity index (χ1v) is 13.3. The van der Waals surface area contributed by atoms with Crippen molar-refractivity contribution in [2.75, 3.05) is 57.2 Å². The number of ether oxygens (including phenoxy) is 2. The number of nitrogens with zero attached hydrogens (tertiary/aromatic N) is 5. The molecule has 0 aliphatic carbocycles. The first-order valence-electron chi connectivity index (χ1n) is 12.6. The third-order valence-corrected chi connectivity index (χ3v) is 7.48. The van der Waals surface area contributed by atoms with Crippen LogP contribution in [0.25, 0.3) is 21.9 Å². The van der Waals surface area contributed by atoms with Crippen molar-refractivity contribution in [2.45, 2.75) is 13.3 Å². The predicted molar refractivity (Wildman–Crippen MR) is 155 cm³/mol. The lowest BCUT2D eigenvalue weighted by atomic mass is 10.0. The van der Waals surface area contributed by atoms with Crippen molar-refractivity contribution >= 4 is 51.4 Å². The zero-order chi connectivity index (χ0) is 26.6. The number of fused-ring (bicyclic) bond motifs is 1. The van der Waals surface area contributed by atoms with E-state index in [2.05, 4.69) is 37.2 Å². The summed E-state index contributed by atoms with van der Waals surface area (Å²) >= 11 is 13.2. The SMILES string of the molecule is CCCN1CCN(c2ccc(Nc3cc4ccc(-c5c(Cl)c(OC)cc(OC)c5Cl)cc4cn3)nn2)CC1. The molecule has 1 saturated heterocycles. The molecule has 8 nitrogen and oxygen atoms in total. The highest BCUT2D eigenvalue weighted by Crippen LogP contribution is 2.46. The van der Waals surface area contributed by atoms with E-state index in [-0.39, 0.29) is 0 Å². The first-order chi connectivity index (χ1) is 18.5. The van der Waals surface area contributed by atoms with Gasteiger partial charge in [-0.25, -0.2) is 4.98 Å². The molecule has 0 unspecified atom stereocenters. The summed E-state index contributed by atoms with van der Waals surface area (Å²) in [5.74, 6) is 3.21. The molecule has 5 rings (SSSR count). The van der Waals surface area contributed by atoms with Crippen LogP contribution < -0.4 is 19.7 Å². The number of methoxy groups -OCH3 is 2. The number of halogens is 2. The zero-order valence-electron chi connectivity index (χ0n) is 21.7. The molecule has 1 fully saturated rings. The molecule has 0 atom stereocenters. The smallest absolute Gasteiger partial charge is 0.154 e. The lowest BCUT2D eigenvalue weighted by molar-refractivity contribution is 0.258. The summed E-state index contributed by atoms with van der Waals surface area (Å²) in [5, 5.41) is 14.9. The Labute approximate surface area is 232 Å². The lowest BCUT2D eigenvalue weighted by Gasteiger charge is -2.34. The van der Waals surface area contributed by atoms with Crippen LogP contribution in [0.15, 0.2) is 48.7 Å². The number of aromatic nitrogens is 3. The third-order valence-electron chi connectivity index (χ3n) is 6.73. The van der Waals surface area contributed by atoms with Crippen LogP contribution >= 0.6 is 23.2 Å². The molecule has 0 spiro atoms. The molecule has 3 heterocycles. The van der Waals surface area contributed by atoms with E-state index in [4.69, 9.17) is 32.7 Å². The van der Waals surface area contributed by atoms with Gasteiger partial charge in [0.15, 0.2) is 11.6 Å². The van der Waals surface area contributed by atoms with Crippen molar-refractivity contribution in [3.8, 4) is 22.6 Å². The molecule has 10 heteroatoms. The zero-order valence-corrected chi connectivity index (χ0v) is 23.2. The highest BCUT2D eigenvalue weighted by Gasteiger charge is 2.20. The molecule has 1 N–H and O–H groups in total. The van der Waals surface area contributed by atoms with Gasteiger partial charge in [-0.3, -0.25) is 4.90 Å². The summed E-state index contributed by atoms with van der Waals surface area (Å²) in [6.45, 7) is 7.42. The van der Waals surface area contributed by atoms with E-state index in [9.17, 15) is 0 Å². The van der Waals surface area contributed by atoms with Gasteiger partial charge in [0.25, 0.3) is 0 Å². The van der Waals surface area contributed by atoms with Gasteiger partial charge in [0, 0.05) is 49.4 Å². The van der Waals surface area contributed by atoms with Gasteiger partial charge < -0.3 is 19.7 Å². The number of rotatable bonds is 8. The van der Waals surface area contributed by atoms with Crippen LogP contribution in [0.5, 0.6) is 11.5 Å². The van der Waals surface area contributed by atoms with Crippen molar-refractivity contribution < 1.29 is 9.47 Å². The van der Waals surface area contributed by atoms with Crippen LogP contribution in [-0.4, -0.2) is 67.0 Å². The quantitative estimate of drug-likeness (QED) is 0.273. The highest BCUT2D eigenvalue weighted by molar-refractivity contribution is 6.41. The van der Waals surface area contributed by atoms with Crippen LogP contribution in [0.4, 0.5) is 17.5 Å². The summed E-state index contributed by atoms with van der Waals surface area (Å²) in [4.78, 5) is 9.35. The van der Waals surface area contributed by atoms with Crippen LogP contribution in [-0.2, 0) is 0 Å². The highest BCUT2D eigenvalue weighted by atomic mass is 35.5. The molecule has 2 aromatic carbocycles. The normalized spacial score (nSPS) is 14.1. The Hall–Kier alpha value is -3.33. The van der Waals surface area contributed by atoms with E-state index in [1.54, 1.807) is 26.5 Å². The Morgan fingerprint density at radius 2 is 1.58 bits per heavy atom. The lowest BCUT2D eigenvalue weighted by Crippen LogP contribution is -2.46. The Bertz CT molecular complexity index is 1400. The maximum absolute atomic E-state index is 6.62. The van der Waals surface area contributed by atoms with Crippen molar-refractivity contribution in [1.82, 2.24) is 20.1 Å². The Balaban J connectivity index is 1.33. The van der Waals surface area contributed by atoms with Crippen LogP contribution in [0, 0.1) is 0 Å². The van der Waals surface area contributed by atoms with E-state index >= 15 is 0 Å². The average molecular weight is 553 g/mol. The van der Waals surface area contributed by atoms with Gasteiger partial charge >= 0.3 is 0 Å². The topological polar surface area (TPSA) is 75.6 Å². The number of piperazine rings is 1. The minimum absolute atomic E-state index is 0.425. The van der Waals surface area contributed by atoms with Gasteiger partial charge in [-0.2, -0.15) is 0 Å². The molecule has 1 aliphatic heterocycles. The van der Waals surface area contributed by atoms with E-state index in [1.807, 2.05) is 36.4 Å². The Morgan fingerprint density at radius 3 is 2.21 bits per heavy atom. The van der Waals surface area contributed by atoms with Gasteiger partial charge in [0.05, 0.1) is 24.3 Å². The van der Waals surface area contributed by atoms with Gasteiger partial charge in [0.1, 0.15) is 17.3 Å². The number of hydrogen-bond acceptors (Lipinski definition) is 8. The fourth-order valence-corrected chi connectivity index (χ4v) is 5.43. The summed E-state index contributed by atoms with van der Waals surface area (Å²) in [6.07, 6.45) is 2.99. The van der Waals surface area contributed by atoms with E-state index in [1.165, 1.54) is 6.42 Å². The predicted octanol–water partition coefficient (Wildman–Crippen LogP) is 6.29. The molecule has 0 bridgehead atoms. The monoisotopic (exact) mass is 552 g/mol. The fourth-order valence-electron chi connectivity index (χ4n) is 4.71. The molecule has 198 valence electrons. The number of nitrogens with one attached hydrogen (secondary N) is 1.